The number of rotatable bonds is 1. The first kappa shape index (κ1) is 7.16. The van der Waals surface area contributed by atoms with Gasteiger partial charge in [-0.05, 0) is 19.1 Å². The fourth-order valence-electron chi connectivity index (χ4n) is 1.28. The molecule has 0 saturated carbocycles. The number of imidazole rings is 1. The summed E-state index contributed by atoms with van der Waals surface area (Å²) in [4.78, 5) is 4.21. The minimum absolute atomic E-state index is 1.07. The summed E-state index contributed by atoms with van der Waals surface area (Å²) >= 11 is 0. The van der Waals surface area contributed by atoms with Gasteiger partial charge < -0.3 is 9.72 Å². The van der Waals surface area contributed by atoms with Crippen molar-refractivity contribution in [2.45, 2.75) is 6.92 Å². The second-order valence-electron chi connectivity index (χ2n) is 2.79. The van der Waals surface area contributed by atoms with Crippen molar-refractivity contribution in [2.24, 2.45) is 0 Å². The van der Waals surface area contributed by atoms with E-state index in [4.69, 9.17) is 0 Å². The lowest BCUT2D eigenvalue weighted by Gasteiger charge is -2.00. The van der Waals surface area contributed by atoms with Gasteiger partial charge in [0, 0.05) is 13.2 Å². The van der Waals surface area contributed by atoms with Gasteiger partial charge in [0.25, 0.3) is 0 Å². The highest BCUT2D eigenvalue weighted by atomic mass is 15.0. The molecule has 2 heterocycles. The van der Waals surface area contributed by atoms with Crippen molar-refractivity contribution >= 4 is 11.2 Å². The number of nitrogens with zero attached hydrogens (tertiary/aromatic N) is 2. The number of nitrogens with one attached hydrogen (secondary N) is 1. The summed E-state index contributed by atoms with van der Waals surface area (Å²) < 4.78 is 2.02. The molecule has 0 aliphatic rings. The molecule has 0 bridgehead atoms. The largest absolute Gasteiger partial charge is 0.387 e. The number of aryl methyl sites for hydroxylation is 1. The number of pyridine rings is 1. The Kier molecular flexibility index (Phi) is 1.50. The molecule has 0 aliphatic carbocycles. The zero-order valence-electron chi connectivity index (χ0n) is 7.20. The average molecular weight is 161 g/mol. The van der Waals surface area contributed by atoms with Gasteiger partial charge in [-0.25, -0.2) is 4.98 Å². The third-order valence-corrected chi connectivity index (χ3v) is 2.01. The highest BCUT2D eigenvalue weighted by molar-refractivity contribution is 5.56. The Balaban J connectivity index is 2.69. The van der Waals surface area contributed by atoms with Gasteiger partial charge in [-0.2, -0.15) is 0 Å². The smallest absolute Gasteiger partial charge is 0.0996 e. The minimum atomic E-state index is 1.07. The van der Waals surface area contributed by atoms with Crippen molar-refractivity contribution in [3.63, 3.8) is 0 Å². The Bertz CT molecular complexity index is 403. The number of aromatic nitrogens is 2. The van der Waals surface area contributed by atoms with Crippen molar-refractivity contribution in [1.29, 1.82) is 0 Å². The molecule has 3 heteroatoms. The van der Waals surface area contributed by atoms with Crippen molar-refractivity contribution < 1.29 is 0 Å². The summed E-state index contributed by atoms with van der Waals surface area (Å²) in [7, 11) is 1.91. The van der Waals surface area contributed by atoms with Gasteiger partial charge >= 0.3 is 0 Å². The topological polar surface area (TPSA) is 29.3 Å². The van der Waals surface area contributed by atoms with Crippen LogP contribution in [0.25, 0.3) is 5.52 Å². The van der Waals surface area contributed by atoms with E-state index in [1.54, 1.807) is 0 Å². The maximum Gasteiger partial charge on any atom is 0.0996 e. The molecule has 0 amide bonds. The van der Waals surface area contributed by atoms with Gasteiger partial charge in [-0.3, -0.25) is 0 Å². The van der Waals surface area contributed by atoms with Crippen LogP contribution >= 0.6 is 0 Å². The van der Waals surface area contributed by atoms with Gasteiger partial charge in [0.15, 0.2) is 0 Å². The minimum Gasteiger partial charge on any atom is -0.387 e. The summed E-state index contributed by atoms with van der Waals surface area (Å²) in [5.74, 6) is 0. The summed E-state index contributed by atoms with van der Waals surface area (Å²) in [5.41, 5.74) is 3.33. The fourth-order valence-corrected chi connectivity index (χ4v) is 1.28. The molecule has 0 unspecified atom stereocenters. The van der Waals surface area contributed by atoms with Crippen LogP contribution in [0.15, 0.2) is 24.7 Å². The Morgan fingerprint density at radius 1 is 1.42 bits per heavy atom. The number of anilines is 1. The van der Waals surface area contributed by atoms with E-state index in [-0.39, 0.29) is 0 Å². The van der Waals surface area contributed by atoms with E-state index >= 15 is 0 Å². The number of hydrogen-bond acceptors (Lipinski definition) is 2. The first-order valence-corrected chi connectivity index (χ1v) is 3.92. The van der Waals surface area contributed by atoms with E-state index in [1.165, 1.54) is 0 Å². The normalized spacial score (nSPS) is 10.5. The molecule has 0 aromatic carbocycles. The van der Waals surface area contributed by atoms with E-state index in [0.717, 1.165) is 16.9 Å². The van der Waals surface area contributed by atoms with E-state index in [0.29, 0.717) is 0 Å². The van der Waals surface area contributed by atoms with Crippen molar-refractivity contribution in [3.05, 3.63) is 30.4 Å². The number of hydrogen-bond donors (Lipinski definition) is 1. The third kappa shape index (κ3) is 0.942. The van der Waals surface area contributed by atoms with Crippen LogP contribution in [0.5, 0.6) is 0 Å². The molecular weight excluding hydrogens is 150 g/mol. The molecule has 3 nitrogen and oxygen atoms in total. The lowest BCUT2D eigenvalue weighted by Crippen LogP contribution is -1.90. The number of fused-ring (bicyclic) bond motifs is 1. The molecule has 0 fully saturated rings. The molecule has 0 aliphatic heterocycles. The maximum atomic E-state index is 4.21. The molecule has 62 valence electrons. The molecule has 0 saturated heterocycles. The monoisotopic (exact) mass is 161 g/mol. The van der Waals surface area contributed by atoms with Gasteiger partial charge in [0.1, 0.15) is 0 Å². The van der Waals surface area contributed by atoms with Crippen LogP contribution in [0.3, 0.4) is 0 Å². The second-order valence-corrected chi connectivity index (χ2v) is 2.79. The predicted octanol–water partition coefficient (Wildman–Crippen LogP) is 1.68. The van der Waals surface area contributed by atoms with Crippen LogP contribution in [0.2, 0.25) is 0 Å². The molecule has 0 spiro atoms. The van der Waals surface area contributed by atoms with Crippen LogP contribution in [0.4, 0.5) is 5.69 Å². The van der Waals surface area contributed by atoms with Crippen LogP contribution < -0.4 is 5.32 Å². The van der Waals surface area contributed by atoms with Gasteiger partial charge in [-0.15, -0.1) is 0 Å². The van der Waals surface area contributed by atoms with E-state index < -0.39 is 0 Å². The van der Waals surface area contributed by atoms with Crippen LogP contribution in [-0.2, 0) is 0 Å². The molecule has 2 aromatic heterocycles. The molecule has 0 radical (unpaired) electrons. The highest BCUT2D eigenvalue weighted by Crippen LogP contribution is 2.12. The molecule has 12 heavy (non-hydrogen) atoms. The van der Waals surface area contributed by atoms with E-state index in [1.807, 2.05) is 37.0 Å². The van der Waals surface area contributed by atoms with Crippen LogP contribution in [-0.4, -0.2) is 16.4 Å². The van der Waals surface area contributed by atoms with E-state index in [2.05, 4.69) is 16.4 Å². The Morgan fingerprint density at radius 2 is 2.25 bits per heavy atom. The average Bonchev–Trinajstić information content (AvgIpc) is 2.47. The molecule has 1 N–H and O–H groups in total. The van der Waals surface area contributed by atoms with Gasteiger partial charge in [0.2, 0.25) is 0 Å². The fraction of sp³-hybridized carbons (Fsp3) is 0.222. The highest BCUT2D eigenvalue weighted by Gasteiger charge is 1.98. The zero-order valence-corrected chi connectivity index (χ0v) is 7.20. The first-order valence-electron chi connectivity index (χ1n) is 3.92. The van der Waals surface area contributed by atoms with Gasteiger partial charge in [-0.1, -0.05) is 0 Å². The lowest BCUT2D eigenvalue weighted by molar-refractivity contribution is 1.15. The van der Waals surface area contributed by atoms with Crippen molar-refractivity contribution in [1.82, 2.24) is 9.38 Å². The standard InChI is InChI=1S/C9H11N3/c1-7-9-4-3-8(10-2)5-12(9)6-11-7/h3-6,10H,1-2H3. The zero-order chi connectivity index (χ0) is 8.55. The molecule has 2 aromatic rings. The third-order valence-electron chi connectivity index (χ3n) is 2.01. The SMILES string of the molecule is CNc1ccc2c(C)ncn2c1. The van der Waals surface area contributed by atoms with Crippen molar-refractivity contribution in [3.8, 4) is 0 Å². The summed E-state index contributed by atoms with van der Waals surface area (Å²) in [6.07, 6.45) is 3.85. The van der Waals surface area contributed by atoms with E-state index in [9.17, 15) is 0 Å². The van der Waals surface area contributed by atoms with Crippen molar-refractivity contribution in [2.75, 3.05) is 12.4 Å². The first-order chi connectivity index (χ1) is 5.81. The molecule has 2 rings (SSSR count). The van der Waals surface area contributed by atoms with Crippen LogP contribution in [0.1, 0.15) is 5.69 Å². The molecule has 0 atom stereocenters. The second kappa shape index (κ2) is 2.52. The maximum absolute atomic E-state index is 4.21. The Hall–Kier alpha value is -1.51. The van der Waals surface area contributed by atoms with Gasteiger partial charge in [0.05, 0.1) is 23.2 Å². The predicted molar refractivity (Wildman–Crippen MR) is 49.5 cm³/mol. The summed E-state index contributed by atoms with van der Waals surface area (Å²) in [6.45, 7) is 2.01. The quantitative estimate of drug-likeness (QED) is 0.689. The Morgan fingerprint density at radius 3 is 3.00 bits per heavy atom. The van der Waals surface area contributed by atoms with Crippen LogP contribution in [0, 0.1) is 6.92 Å². The molecular formula is C9H11N3. The Labute approximate surface area is 71.0 Å². The lowest BCUT2D eigenvalue weighted by atomic mass is 10.3. The summed E-state index contributed by atoms with van der Waals surface area (Å²) in [6, 6.07) is 4.11. The summed E-state index contributed by atoms with van der Waals surface area (Å²) in [5, 5.41) is 3.08.